The summed E-state index contributed by atoms with van der Waals surface area (Å²) in [6.45, 7) is 1.82. The maximum Gasteiger partial charge on any atom is 0.111 e. The van der Waals surface area contributed by atoms with E-state index in [9.17, 15) is 18.0 Å². The van der Waals surface area contributed by atoms with Gasteiger partial charge in [-0.1, -0.05) is 30.3 Å². The average molecular weight is 550 g/mol. The molecule has 0 bridgehead atoms. The summed E-state index contributed by atoms with van der Waals surface area (Å²) in [6.07, 6.45) is 3.12. The summed E-state index contributed by atoms with van der Waals surface area (Å²) in [5.74, 6) is -4.19. The van der Waals surface area contributed by atoms with Crippen LogP contribution in [0.5, 0.6) is 0 Å². The third kappa shape index (κ3) is 6.92. The maximum absolute atomic E-state index is 13.3. The Labute approximate surface area is 168 Å². The summed E-state index contributed by atoms with van der Waals surface area (Å²) in [5, 5.41) is 3.69. The molecule has 0 fully saturated rings. The van der Waals surface area contributed by atoms with Crippen molar-refractivity contribution in [2.24, 2.45) is 0 Å². The van der Waals surface area contributed by atoms with E-state index in [0.717, 1.165) is 11.8 Å². The van der Waals surface area contributed by atoms with Gasteiger partial charge in [-0.25, -0.2) is 4.39 Å². The molecule has 0 aliphatic heterocycles. The van der Waals surface area contributed by atoms with E-state index in [1.54, 1.807) is 18.3 Å². The van der Waals surface area contributed by atoms with Crippen LogP contribution in [-0.4, -0.2) is 15.9 Å². The molecule has 1 amide bonds. The van der Waals surface area contributed by atoms with Crippen LogP contribution in [0.15, 0.2) is 54.9 Å². The van der Waals surface area contributed by atoms with Crippen LogP contribution in [0.1, 0.15) is 12.6 Å². The van der Waals surface area contributed by atoms with Crippen molar-refractivity contribution in [3.8, 4) is 11.3 Å². The molecule has 2 heterocycles. The van der Waals surface area contributed by atoms with Crippen molar-refractivity contribution in [2.45, 2.75) is 13.5 Å². The smallest absolute Gasteiger partial charge is 0.111 e. The van der Waals surface area contributed by atoms with Crippen LogP contribution in [0, 0.1) is 23.5 Å². The second-order valence-corrected chi connectivity index (χ2v) is 5.01. The van der Waals surface area contributed by atoms with Crippen LogP contribution in [0.25, 0.3) is 16.6 Å². The quantitative estimate of drug-likeness (QED) is 0.358. The number of halogens is 3. The van der Waals surface area contributed by atoms with Gasteiger partial charge in [0, 0.05) is 44.1 Å². The number of carbonyl (C=O) groups is 1. The average Bonchev–Trinajstić information content (AvgIpc) is 2.67. The molecule has 0 saturated heterocycles. The fourth-order valence-corrected chi connectivity index (χ4v) is 1.86. The van der Waals surface area contributed by atoms with Crippen LogP contribution in [0.3, 0.4) is 0 Å². The van der Waals surface area contributed by atoms with E-state index in [4.69, 9.17) is 0 Å². The molecule has 0 aliphatic carbocycles. The third-order valence-electron chi connectivity index (χ3n) is 3.08. The SMILES string of the molecule is CC(=O)[N-]Cc1ccccn1.Fc1c[c-]c(-c2ccccn2)c(F)c1F.[Ir]. The first-order valence-electron chi connectivity index (χ1n) is 7.53. The number of hydrogen-bond acceptors (Lipinski definition) is 3. The Morgan fingerprint density at radius 2 is 1.70 bits per heavy atom. The molecule has 0 aliphatic rings. The van der Waals surface area contributed by atoms with Crippen LogP contribution in [0.4, 0.5) is 13.2 Å². The fourth-order valence-electron chi connectivity index (χ4n) is 1.86. The molecule has 0 unspecified atom stereocenters. The van der Waals surface area contributed by atoms with E-state index in [1.807, 2.05) is 18.2 Å². The summed E-state index contributed by atoms with van der Waals surface area (Å²) in [6, 6.07) is 13.4. The monoisotopic (exact) mass is 550 g/mol. The predicted molar refractivity (Wildman–Crippen MR) is 90.4 cm³/mol. The first-order valence-corrected chi connectivity index (χ1v) is 7.53. The topological polar surface area (TPSA) is 57.0 Å². The first-order chi connectivity index (χ1) is 12.5. The van der Waals surface area contributed by atoms with Crippen LogP contribution in [-0.2, 0) is 31.4 Å². The molecule has 1 radical (unpaired) electrons. The summed E-state index contributed by atoms with van der Waals surface area (Å²) >= 11 is 0. The van der Waals surface area contributed by atoms with Gasteiger partial charge in [0.05, 0.1) is 11.6 Å². The number of pyridine rings is 2. The Morgan fingerprint density at radius 1 is 1.04 bits per heavy atom. The van der Waals surface area contributed by atoms with Gasteiger partial charge in [-0.2, -0.15) is 0 Å². The largest absolute Gasteiger partial charge is 0.649 e. The van der Waals surface area contributed by atoms with E-state index < -0.39 is 17.5 Å². The van der Waals surface area contributed by atoms with Crippen molar-refractivity contribution in [2.75, 3.05) is 0 Å². The minimum absolute atomic E-state index is 0. The van der Waals surface area contributed by atoms with Gasteiger partial charge in [0.2, 0.25) is 0 Å². The van der Waals surface area contributed by atoms with Crippen LogP contribution in [0.2, 0.25) is 0 Å². The zero-order chi connectivity index (χ0) is 18.9. The van der Waals surface area contributed by atoms with E-state index in [1.165, 1.54) is 19.2 Å². The van der Waals surface area contributed by atoms with Crippen molar-refractivity contribution in [1.82, 2.24) is 9.97 Å². The molecule has 1 aromatic carbocycles. The number of hydrogen-bond donors (Lipinski definition) is 0. The molecule has 0 atom stereocenters. The second kappa shape index (κ2) is 11.2. The normalized spacial score (nSPS) is 9.48. The minimum Gasteiger partial charge on any atom is -0.649 e. The molecule has 143 valence electrons. The van der Waals surface area contributed by atoms with Gasteiger partial charge in [0.1, 0.15) is 5.82 Å². The number of rotatable bonds is 3. The zero-order valence-electron chi connectivity index (χ0n) is 14.1. The predicted octanol–water partition coefficient (Wildman–Crippen LogP) is 4.47. The Bertz CT molecular complexity index is 865. The van der Waals surface area contributed by atoms with E-state index in [-0.39, 0.29) is 37.3 Å². The third-order valence-corrected chi connectivity index (χ3v) is 3.08. The Kier molecular flexibility index (Phi) is 9.33. The van der Waals surface area contributed by atoms with Crippen molar-refractivity contribution in [1.29, 1.82) is 0 Å². The summed E-state index contributed by atoms with van der Waals surface area (Å²) < 4.78 is 38.7. The molecule has 4 nitrogen and oxygen atoms in total. The van der Waals surface area contributed by atoms with Crippen molar-refractivity contribution in [3.63, 3.8) is 0 Å². The van der Waals surface area contributed by atoms with Gasteiger partial charge in [-0.05, 0) is 30.8 Å². The molecule has 3 rings (SSSR count). The van der Waals surface area contributed by atoms with Gasteiger partial charge in [-0.15, -0.1) is 12.1 Å². The summed E-state index contributed by atoms with van der Waals surface area (Å²) in [5.41, 5.74) is 0.867. The summed E-state index contributed by atoms with van der Waals surface area (Å²) in [7, 11) is 0. The van der Waals surface area contributed by atoms with E-state index >= 15 is 0 Å². The maximum atomic E-state index is 13.3. The second-order valence-electron chi connectivity index (χ2n) is 5.01. The molecule has 8 heteroatoms. The van der Waals surface area contributed by atoms with Crippen molar-refractivity contribution in [3.05, 3.63) is 89.4 Å². The zero-order valence-corrected chi connectivity index (χ0v) is 16.5. The molecule has 2 aromatic heterocycles. The minimum atomic E-state index is -1.51. The van der Waals surface area contributed by atoms with Gasteiger partial charge in [0.15, 0.2) is 0 Å². The van der Waals surface area contributed by atoms with Crippen molar-refractivity contribution < 1.29 is 38.1 Å². The van der Waals surface area contributed by atoms with Crippen molar-refractivity contribution >= 4 is 5.91 Å². The molecule has 0 spiro atoms. The van der Waals surface area contributed by atoms with Crippen LogP contribution < -0.4 is 0 Å². The Morgan fingerprint density at radius 3 is 2.26 bits per heavy atom. The Balaban J connectivity index is 0.000000273. The fraction of sp³-hybridized carbons (Fsp3) is 0.105. The molecule has 27 heavy (non-hydrogen) atoms. The van der Waals surface area contributed by atoms with E-state index in [0.29, 0.717) is 6.54 Å². The van der Waals surface area contributed by atoms with Gasteiger partial charge < -0.3 is 15.1 Å². The standard InChI is InChI=1S/C11H5F3N.C8H10N2O.Ir/c12-8-5-4-7(10(13)11(8)14)9-3-1-2-6-15-9;1-7(11)10-6-8-4-2-3-5-9-8;/h1-3,5-6H;2-5H,6H2,1H3,(H,10,11);/q-1;;/p-1. The van der Waals surface area contributed by atoms with Gasteiger partial charge >= 0.3 is 0 Å². The first kappa shape index (κ1) is 22.5. The number of benzene rings is 1. The van der Waals surface area contributed by atoms with E-state index in [2.05, 4.69) is 21.4 Å². The number of carbonyl (C=O) groups excluding carboxylic acids is 1. The molecule has 0 saturated carbocycles. The van der Waals surface area contributed by atoms with Gasteiger partial charge in [-0.3, -0.25) is 13.8 Å². The number of amides is 1. The summed E-state index contributed by atoms with van der Waals surface area (Å²) in [4.78, 5) is 18.2. The molecule has 3 aromatic rings. The molecule has 0 N–H and O–H groups in total. The van der Waals surface area contributed by atoms with Gasteiger partial charge in [0.25, 0.3) is 0 Å². The Hall–Kier alpha value is -2.57. The van der Waals surface area contributed by atoms with Crippen LogP contribution >= 0.6 is 0 Å². The molecular weight excluding hydrogens is 535 g/mol. The number of aromatic nitrogens is 2. The number of nitrogens with zero attached hydrogens (tertiary/aromatic N) is 3. The molecular formula is C19H14F3IrN3O-2.